The van der Waals surface area contributed by atoms with Crippen molar-refractivity contribution in [2.45, 2.75) is 24.2 Å². The fourth-order valence-corrected chi connectivity index (χ4v) is 4.73. The van der Waals surface area contributed by atoms with E-state index in [0.29, 0.717) is 11.5 Å². The standard InChI is InChI=1S/C8H22N4O4S4.2Na/c9-5(7(11)3-19(13)14)1-17-18-2-6(10)8(12)4-20(15)16;;/h5-8H,1-4,9-12H2,(H,13,14)(H,15,16);;/q;2*+1/p-1/t5-,6-,7-,8-;;/m1../s1. The van der Waals surface area contributed by atoms with Gasteiger partial charge in [0.15, 0.2) is 11.1 Å². The van der Waals surface area contributed by atoms with Crippen molar-refractivity contribution in [1.82, 2.24) is 0 Å². The van der Waals surface area contributed by atoms with E-state index in [2.05, 4.69) is 0 Å². The van der Waals surface area contributed by atoms with Gasteiger partial charge in [-0.2, -0.15) is 0 Å². The van der Waals surface area contributed by atoms with E-state index in [1.54, 1.807) is 0 Å². The summed E-state index contributed by atoms with van der Waals surface area (Å²) in [5, 5.41) is 0. The molecule has 0 amide bonds. The quantitative estimate of drug-likeness (QED) is 0.0947. The van der Waals surface area contributed by atoms with Gasteiger partial charge in [-0.25, -0.2) is 4.21 Å². The van der Waals surface area contributed by atoms with Crippen molar-refractivity contribution in [2.75, 3.05) is 23.0 Å². The minimum atomic E-state index is -2.20. The Morgan fingerprint density at radius 3 is 1.55 bits per heavy atom. The number of nitrogens with two attached hydrogens (primary N) is 4. The zero-order valence-electron chi connectivity index (χ0n) is 12.8. The molecule has 0 aliphatic rings. The zero-order chi connectivity index (χ0) is 15.7. The molecule has 0 saturated carbocycles. The number of rotatable bonds is 11. The molecule has 8 nitrogen and oxygen atoms in total. The van der Waals surface area contributed by atoms with Crippen LogP contribution in [0.25, 0.3) is 0 Å². The van der Waals surface area contributed by atoms with Gasteiger partial charge in [0.2, 0.25) is 0 Å². The predicted octanol–water partition coefficient (Wildman–Crippen LogP) is -8.21. The van der Waals surface area contributed by atoms with Crippen LogP contribution in [0, 0.1) is 0 Å². The van der Waals surface area contributed by atoms with Gasteiger partial charge in [0, 0.05) is 41.4 Å². The molecule has 2 unspecified atom stereocenters. The molecule has 14 heteroatoms. The Labute approximate surface area is 188 Å². The van der Waals surface area contributed by atoms with Crippen molar-refractivity contribution in [3.05, 3.63) is 0 Å². The summed E-state index contributed by atoms with van der Waals surface area (Å²) in [5.74, 6) is 0.751. The first kappa shape index (κ1) is 29.5. The van der Waals surface area contributed by atoms with E-state index in [0.717, 1.165) is 0 Å². The van der Waals surface area contributed by atoms with Crippen molar-refractivity contribution in [2.24, 2.45) is 22.9 Å². The summed E-state index contributed by atoms with van der Waals surface area (Å²) in [6, 6.07) is -1.98. The molecule has 0 saturated heterocycles. The van der Waals surface area contributed by atoms with Gasteiger partial charge in [0.1, 0.15) is 0 Å². The number of hydrogen-bond acceptors (Lipinski definition) is 9. The maximum atomic E-state index is 10.6. The monoisotopic (exact) mass is 411 g/mol. The van der Waals surface area contributed by atoms with E-state index in [-0.39, 0.29) is 70.6 Å². The van der Waals surface area contributed by atoms with Crippen LogP contribution in [0.1, 0.15) is 0 Å². The van der Waals surface area contributed by atoms with Crippen molar-refractivity contribution >= 4 is 43.7 Å². The third-order valence-electron chi connectivity index (χ3n) is 2.37. The minimum absolute atomic E-state index is 0. The minimum Gasteiger partial charge on any atom is -0.772 e. The van der Waals surface area contributed by atoms with E-state index < -0.39 is 46.3 Å². The Hall–Kier alpha value is 2.76. The Kier molecular flexibility index (Phi) is 23.1. The van der Waals surface area contributed by atoms with Crippen LogP contribution in [-0.2, 0) is 22.2 Å². The number of hydrogen-bond donors (Lipinski definition) is 5. The summed E-state index contributed by atoms with van der Waals surface area (Å²) in [5.41, 5.74) is 22.8. The van der Waals surface area contributed by atoms with Crippen LogP contribution in [0.2, 0.25) is 0 Å². The Balaban J connectivity index is -0.00000180. The molecule has 0 aromatic heterocycles. The summed E-state index contributed by atoms with van der Waals surface area (Å²) >= 11 is -4.16. The molecule has 0 aliphatic heterocycles. The Bertz CT molecular complexity index is 305. The van der Waals surface area contributed by atoms with Gasteiger partial charge < -0.3 is 32.0 Å². The molecule has 6 atom stereocenters. The molecular formula is C8H21N4Na2O4S4+. The summed E-state index contributed by atoms with van der Waals surface area (Å²) in [6.07, 6.45) is 0. The van der Waals surface area contributed by atoms with Crippen LogP contribution in [0.3, 0.4) is 0 Å². The third kappa shape index (κ3) is 16.2. The summed E-state index contributed by atoms with van der Waals surface area (Å²) < 4.78 is 40.2. The molecular weight excluding hydrogens is 390 g/mol. The fraction of sp³-hybridized carbons (Fsp3) is 1.00. The molecule has 0 aromatic rings. The second-order valence-electron chi connectivity index (χ2n) is 4.18. The van der Waals surface area contributed by atoms with E-state index in [1.165, 1.54) is 21.6 Å². The maximum Gasteiger partial charge on any atom is 1.00 e. The van der Waals surface area contributed by atoms with Crippen molar-refractivity contribution in [3.63, 3.8) is 0 Å². The van der Waals surface area contributed by atoms with E-state index in [4.69, 9.17) is 27.5 Å². The van der Waals surface area contributed by atoms with Crippen LogP contribution in [0.5, 0.6) is 0 Å². The molecule has 122 valence electrons. The zero-order valence-corrected chi connectivity index (χ0v) is 20.0. The largest absolute Gasteiger partial charge is 1.00 e. The summed E-state index contributed by atoms with van der Waals surface area (Å²) in [7, 11) is 2.84. The van der Waals surface area contributed by atoms with E-state index >= 15 is 0 Å². The van der Waals surface area contributed by atoms with Gasteiger partial charge in [0.25, 0.3) is 0 Å². The van der Waals surface area contributed by atoms with Gasteiger partial charge in [-0.3, -0.25) is 4.21 Å². The van der Waals surface area contributed by atoms with Crippen LogP contribution in [0.4, 0.5) is 0 Å². The van der Waals surface area contributed by atoms with Crippen LogP contribution in [0.15, 0.2) is 0 Å². The average Bonchev–Trinajstić information content (AvgIpc) is 2.32. The molecule has 0 bridgehead atoms. The first-order valence-electron chi connectivity index (χ1n) is 5.64. The second-order valence-corrected chi connectivity index (χ2v) is 8.65. The van der Waals surface area contributed by atoms with Gasteiger partial charge in [-0.1, -0.05) is 32.7 Å². The Morgan fingerprint density at radius 1 is 0.864 bits per heavy atom. The normalized spacial score (nSPS) is 19.0. The van der Waals surface area contributed by atoms with Gasteiger partial charge in [-0.15, -0.1) is 0 Å². The van der Waals surface area contributed by atoms with Crippen molar-refractivity contribution < 1.29 is 76.6 Å². The molecule has 0 fully saturated rings. The second kappa shape index (κ2) is 17.2. The van der Waals surface area contributed by atoms with E-state index in [9.17, 15) is 13.0 Å². The maximum absolute atomic E-state index is 10.6. The van der Waals surface area contributed by atoms with E-state index in [1.807, 2.05) is 0 Å². The molecule has 9 N–H and O–H groups in total. The van der Waals surface area contributed by atoms with Gasteiger partial charge in [-0.05, 0) is 0 Å². The van der Waals surface area contributed by atoms with Gasteiger partial charge >= 0.3 is 59.1 Å². The van der Waals surface area contributed by atoms with Crippen LogP contribution < -0.4 is 82.0 Å². The first-order chi connectivity index (χ1) is 9.23. The average molecular weight is 412 g/mol. The summed E-state index contributed by atoms with van der Waals surface area (Å²) in [4.78, 5) is 0. The smallest absolute Gasteiger partial charge is 0.772 e. The fourth-order valence-electron chi connectivity index (χ4n) is 1.07. The van der Waals surface area contributed by atoms with Crippen LogP contribution >= 0.6 is 21.6 Å². The van der Waals surface area contributed by atoms with Crippen molar-refractivity contribution in [1.29, 1.82) is 0 Å². The molecule has 0 radical (unpaired) electrons. The predicted molar refractivity (Wildman–Crippen MR) is 86.2 cm³/mol. The molecule has 0 aromatic carbocycles. The first-order valence-corrected chi connectivity index (χ1v) is 10.6. The van der Waals surface area contributed by atoms with Crippen molar-refractivity contribution in [3.8, 4) is 0 Å². The van der Waals surface area contributed by atoms with Crippen LogP contribution in [-0.4, -0.2) is 64.7 Å². The topological polar surface area (TPSA) is 182 Å². The SMILES string of the molecule is N[C@H](CSSC[C@@H](N)[C@H](N)CS(=O)O)[C@H](N)CS(=O)[O-].[Na+].[Na+]. The third-order valence-corrected chi connectivity index (χ3v) is 6.22. The molecule has 0 aliphatic carbocycles. The van der Waals surface area contributed by atoms with Gasteiger partial charge in [0.05, 0.1) is 5.75 Å². The Morgan fingerprint density at radius 2 is 1.23 bits per heavy atom. The molecule has 0 spiro atoms. The molecule has 0 heterocycles. The summed E-state index contributed by atoms with van der Waals surface area (Å²) in [6.45, 7) is 0. The molecule has 22 heavy (non-hydrogen) atoms. The molecule has 0 rings (SSSR count).